The second kappa shape index (κ2) is 11.0. The Labute approximate surface area is 199 Å². The molecule has 1 aromatic carbocycles. The smallest absolute Gasteiger partial charge is 0.348 e. The van der Waals surface area contributed by atoms with Crippen LogP contribution in [0.4, 0.5) is 15.2 Å². The maximum atomic E-state index is 13.1. The van der Waals surface area contributed by atoms with Gasteiger partial charge in [0.1, 0.15) is 15.7 Å². The number of halogens is 1. The highest BCUT2D eigenvalue weighted by Gasteiger charge is 2.27. The maximum Gasteiger partial charge on any atom is 0.348 e. The van der Waals surface area contributed by atoms with Crippen molar-refractivity contribution in [1.29, 1.82) is 0 Å². The number of anilines is 2. The Balaban J connectivity index is 1.73. The van der Waals surface area contributed by atoms with Crippen molar-refractivity contribution in [2.75, 3.05) is 23.8 Å². The second-order valence-electron chi connectivity index (χ2n) is 6.81. The third-order valence-electron chi connectivity index (χ3n) is 4.45. The van der Waals surface area contributed by atoms with Gasteiger partial charge in [0.2, 0.25) is 0 Å². The van der Waals surface area contributed by atoms with Crippen LogP contribution in [0.3, 0.4) is 0 Å². The van der Waals surface area contributed by atoms with Gasteiger partial charge in [-0.25, -0.2) is 14.0 Å². The quantitative estimate of drug-likeness (QED) is 0.349. The molecule has 0 saturated heterocycles. The first-order valence-electron chi connectivity index (χ1n) is 10.2. The molecule has 3 rings (SSSR count). The molecule has 0 bridgehead atoms. The first-order valence-corrected chi connectivity index (χ1v) is 11.4. The molecule has 0 fully saturated rings. The standard InChI is InChI=1S/C22H23FN4O4S2/c1-4-30-20(28)17-13(3)18(21(29)31-5-2)33-19(17)25-22(32)24-16-10-11-27(26-16)12-14-6-8-15(23)9-7-14/h6-11H,4-5,12H2,1-3H3,(H2,24,25,26,32). The molecular weight excluding hydrogens is 467 g/mol. The normalized spacial score (nSPS) is 10.5. The van der Waals surface area contributed by atoms with E-state index in [1.807, 2.05) is 0 Å². The zero-order chi connectivity index (χ0) is 24.0. The van der Waals surface area contributed by atoms with Gasteiger partial charge in [0.05, 0.1) is 25.3 Å². The van der Waals surface area contributed by atoms with Crippen LogP contribution in [0.15, 0.2) is 36.5 Å². The predicted octanol–water partition coefficient (Wildman–Crippen LogP) is 4.60. The van der Waals surface area contributed by atoms with Crippen molar-refractivity contribution in [3.63, 3.8) is 0 Å². The number of thiocarbonyl (C=S) groups is 1. The molecule has 0 saturated carbocycles. The average Bonchev–Trinajstić information content (AvgIpc) is 3.33. The summed E-state index contributed by atoms with van der Waals surface area (Å²) < 4.78 is 25.0. The minimum atomic E-state index is -0.560. The van der Waals surface area contributed by atoms with Gasteiger partial charge in [0.25, 0.3) is 0 Å². The van der Waals surface area contributed by atoms with Crippen LogP contribution in [0.2, 0.25) is 0 Å². The molecule has 2 heterocycles. The summed E-state index contributed by atoms with van der Waals surface area (Å²) >= 11 is 6.44. The van der Waals surface area contributed by atoms with Crippen LogP contribution in [-0.4, -0.2) is 40.0 Å². The number of benzene rings is 1. The SMILES string of the molecule is CCOC(=O)c1sc(NC(=S)Nc2ccn(Cc3ccc(F)cc3)n2)c(C(=O)OCC)c1C. The van der Waals surface area contributed by atoms with E-state index in [2.05, 4.69) is 15.7 Å². The summed E-state index contributed by atoms with van der Waals surface area (Å²) in [6, 6.07) is 7.89. The summed E-state index contributed by atoms with van der Waals surface area (Å²) in [5.74, 6) is -0.894. The van der Waals surface area contributed by atoms with Crippen molar-refractivity contribution in [2.24, 2.45) is 0 Å². The fraction of sp³-hybridized carbons (Fsp3) is 0.273. The van der Waals surface area contributed by atoms with Crippen LogP contribution in [0.25, 0.3) is 0 Å². The van der Waals surface area contributed by atoms with E-state index in [9.17, 15) is 14.0 Å². The molecule has 11 heteroatoms. The summed E-state index contributed by atoms with van der Waals surface area (Å²) in [7, 11) is 0. The number of hydrogen-bond donors (Lipinski definition) is 2. The zero-order valence-electron chi connectivity index (χ0n) is 18.3. The van der Waals surface area contributed by atoms with E-state index in [4.69, 9.17) is 21.7 Å². The van der Waals surface area contributed by atoms with Gasteiger partial charge >= 0.3 is 11.9 Å². The Morgan fingerprint density at radius 1 is 1.09 bits per heavy atom. The van der Waals surface area contributed by atoms with Crippen LogP contribution >= 0.6 is 23.6 Å². The van der Waals surface area contributed by atoms with Gasteiger partial charge in [-0.2, -0.15) is 5.10 Å². The fourth-order valence-electron chi connectivity index (χ4n) is 2.99. The number of nitrogens with one attached hydrogen (secondary N) is 2. The van der Waals surface area contributed by atoms with Gasteiger partial charge < -0.3 is 20.1 Å². The number of aromatic nitrogens is 2. The second-order valence-corrected chi connectivity index (χ2v) is 8.23. The Hall–Kier alpha value is -3.31. The van der Waals surface area contributed by atoms with Gasteiger partial charge in [-0.15, -0.1) is 11.3 Å². The third kappa shape index (κ3) is 6.14. The Bertz CT molecular complexity index is 1160. The first-order chi connectivity index (χ1) is 15.8. The van der Waals surface area contributed by atoms with E-state index in [1.165, 1.54) is 12.1 Å². The van der Waals surface area contributed by atoms with E-state index in [0.29, 0.717) is 27.8 Å². The van der Waals surface area contributed by atoms with Gasteiger partial charge in [-0.3, -0.25) is 4.68 Å². The summed E-state index contributed by atoms with van der Waals surface area (Å²) in [6.07, 6.45) is 1.76. The van der Waals surface area contributed by atoms with Crippen molar-refractivity contribution in [3.05, 3.63) is 63.9 Å². The van der Waals surface area contributed by atoms with E-state index >= 15 is 0 Å². The van der Waals surface area contributed by atoms with E-state index < -0.39 is 11.9 Å². The number of hydrogen-bond acceptors (Lipinski definition) is 7. The highest BCUT2D eigenvalue weighted by Crippen LogP contribution is 2.34. The monoisotopic (exact) mass is 490 g/mol. The highest BCUT2D eigenvalue weighted by atomic mass is 32.1. The number of ether oxygens (including phenoxy) is 2. The lowest BCUT2D eigenvalue weighted by Gasteiger charge is -2.09. The molecule has 0 radical (unpaired) electrons. The number of carbonyl (C=O) groups is 2. The minimum absolute atomic E-state index is 0.184. The number of carbonyl (C=O) groups excluding carboxylic acids is 2. The molecule has 174 valence electrons. The summed E-state index contributed by atoms with van der Waals surface area (Å²) in [6.45, 7) is 5.94. The van der Waals surface area contributed by atoms with Gasteiger partial charge in [-0.05, 0) is 56.2 Å². The molecular formula is C22H23FN4O4S2. The minimum Gasteiger partial charge on any atom is -0.462 e. The van der Waals surface area contributed by atoms with Crippen molar-refractivity contribution in [1.82, 2.24) is 9.78 Å². The first kappa shape index (κ1) is 24.3. The topological polar surface area (TPSA) is 94.5 Å². The Kier molecular flexibility index (Phi) is 8.12. The lowest BCUT2D eigenvalue weighted by Crippen LogP contribution is -2.20. The van der Waals surface area contributed by atoms with Crippen LogP contribution < -0.4 is 10.6 Å². The molecule has 0 aliphatic rings. The summed E-state index contributed by atoms with van der Waals surface area (Å²) in [4.78, 5) is 25.1. The summed E-state index contributed by atoms with van der Waals surface area (Å²) in [5.41, 5.74) is 1.59. The molecule has 0 spiro atoms. The van der Waals surface area contributed by atoms with Crippen LogP contribution in [-0.2, 0) is 16.0 Å². The summed E-state index contributed by atoms with van der Waals surface area (Å²) in [5, 5.41) is 10.9. The molecule has 0 atom stereocenters. The number of thiophene rings is 1. The number of nitrogens with zero attached hydrogens (tertiary/aromatic N) is 2. The largest absolute Gasteiger partial charge is 0.462 e. The van der Waals surface area contributed by atoms with Crippen molar-refractivity contribution >= 4 is 51.4 Å². The zero-order valence-corrected chi connectivity index (χ0v) is 19.9. The molecule has 2 N–H and O–H groups in total. The van der Waals surface area contributed by atoms with Gasteiger partial charge in [-0.1, -0.05) is 12.1 Å². The molecule has 0 aliphatic heterocycles. The van der Waals surface area contributed by atoms with E-state index in [-0.39, 0.29) is 29.7 Å². The lowest BCUT2D eigenvalue weighted by atomic mass is 10.1. The van der Waals surface area contributed by atoms with Crippen LogP contribution in [0, 0.1) is 12.7 Å². The highest BCUT2D eigenvalue weighted by molar-refractivity contribution is 7.80. The molecule has 2 aromatic heterocycles. The average molecular weight is 491 g/mol. The molecule has 8 nitrogen and oxygen atoms in total. The van der Waals surface area contributed by atoms with Gasteiger partial charge in [0.15, 0.2) is 10.9 Å². The predicted molar refractivity (Wildman–Crippen MR) is 129 cm³/mol. The Morgan fingerprint density at radius 3 is 2.42 bits per heavy atom. The molecule has 3 aromatic rings. The van der Waals surface area contributed by atoms with E-state index in [1.54, 1.807) is 49.8 Å². The third-order valence-corrected chi connectivity index (χ3v) is 5.85. The molecule has 33 heavy (non-hydrogen) atoms. The fourth-order valence-corrected chi connectivity index (χ4v) is 4.35. The lowest BCUT2D eigenvalue weighted by molar-refractivity contribution is 0.0527. The number of rotatable bonds is 8. The van der Waals surface area contributed by atoms with Crippen LogP contribution in [0.5, 0.6) is 0 Å². The van der Waals surface area contributed by atoms with Gasteiger partial charge in [0, 0.05) is 12.3 Å². The van der Waals surface area contributed by atoms with Crippen molar-refractivity contribution in [3.8, 4) is 0 Å². The molecule has 0 aliphatic carbocycles. The molecule has 0 unspecified atom stereocenters. The van der Waals surface area contributed by atoms with Crippen LogP contribution in [0.1, 0.15) is 45.0 Å². The van der Waals surface area contributed by atoms with E-state index in [0.717, 1.165) is 16.9 Å². The van der Waals surface area contributed by atoms with Crippen molar-refractivity contribution < 1.29 is 23.5 Å². The van der Waals surface area contributed by atoms with Crippen molar-refractivity contribution in [2.45, 2.75) is 27.3 Å². The molecule has 0 amide bonds. The Morgan fingerprint density at radius 2 is 1.76 bits per heavy atom. The number of esters is 2. The maximum absolute atomic E-state index is 13.1.